The molecule has 0 spiro atoms. The van der Waals surface area contributed by atoms with Gasteiger partial charge in [0, 0.05) is 38.2 Å². The molecule has 3 rings (SSSR count). The lowest BCUT2D eigenvalue weighted by molar-refractivity contribution is -0.385. The maximum Gasteiger partial charge on any atom is 0.287 e. The van der Waals surface area contributed by atoms with Gasteiger partial charge in [-0.15, -0.1) is 0 Å². The number of pyridine rings is 1. The lowest BCUT2D eigenvalue weighted by Crippen LogP contribution is -2.41. The van der Waals surface area contributed by atoms with Crippen molar-refractivity contribution in [3.63, 3.8) is 0 Å². The van der Waals surface area contributed by atoms with Gasteiger partial charge in [-0.2, -0.15) is 0 Å². The van der Waals surface area contributed by atoms with Gasteiger partial charge in [0.1, 0.15) is 12.0 Å². The molecule has 3 heterocycles. The average molecular weight is 304 g/mol. The Balaban J connectivity index is 1.57. The zero-order valence-corrected chi connectivity index (χ0v) is 12.5. The van der Waals surface area contributed by atoms with Gasteiger partial charge in [0.25, 0.3) is 5.69 Å². The molecule has 0 N–H and O–H groups in total. The maximum absolute atomic E-state index is 12.4. The largest absolute Gasteiger partial charge is 0.357 e. The summed E-state index contributed by atoms with van der Waals surface area (Å²) < 4.78 is 0. The summed E-state index contributed by atoms with van der Waals surface area (Å²) in [6, 6.07) is 3.16. The zero-order valence-electron chi connectivity index (χ0n) is 12.5. The van der Waals surface area contributed by atoms with Gasteiger partial charge in [-0.3, -0.25) is 14.9 Å². The van der Waals surface area contributed by atoms with Crippen molar-refractivity contribution < 1.29 is 9.72 Å². The summed E-state index contributed by atoms with van der Waals surface area (Å²) >= 11 is 0. The number of aromatic nitrogens is 1. The molecule has 2 aliphatic rings. The lowest BCUT2D eigenvalue weighted by atomic mass is 9.95. The number of hydrogen-bond acceptors (Lipinski definition) is 5. The first kappa shape index (κ1) is 14.7. The van der Waals surface area contributed by atoms with Crippen molar-refractivity contribution in [2.75, 3.05) is 31.1 Å². The topological polar surface area (TPSA) is 79.6 Å². The molecule has 1 aromatic heterocycles. The van der Waals surface area contributed by atoms with Gasteiger partial charge < -0.3 is 9.80 Å². The number of hydrogen-bond donors (Lipinski definition) is 0. The number of amides is 1. The lowest BCUT2D eigenvalue weighted by Gasteiger charge is -2.33. The summed E-state index contributed by atoms with van der Waals surface area (Å²) in [5, 5.41) is 10.6. The molecule has 0 unspecified atom stereocenters. The molecular weight excluding hydrogens is 284 g/mol. The van der Waals surface area contributed by atoms with Gasteiger partial charge in [-0.25, -0.2) is 4.98 Å². The van der Waals surface area contributed by atoms with E-state index in [-0.39, 0.29) is 11.6 Å². The molecule has 7 nitrogen and oxygen atoms in total. The SMILES string of the molecule is O=C(C1CCN(c2ccc([N+](=O)[O-])cn2)CC1)N1CCCC1. The van der Waals surface area contributed by atoms with E-state index in [1.54, 1.807) is 6.07 Å². The van der Waals surface area contributed by atoms with Crippen molar-refractivity contribution in [3.05, 3.63) is 28.4 Å². The van der Waals surface area contributed by atoms with Crippen LogP contribution >= 0.6 is 0 Å². The molecule has 2 aliphatic heterocycles. The Bertz CT molecular complexity index is 546. The van der Waals surface area contributed by atoms with Crippen LogP contribution in [-0.4, -0.2) is 46.9 Å². The van der Waals surface area contributed by atoms with E-state index >= 15 is 0 Å². The van der Waals surface area contributed by atoms with Crippen LogP contribution in [0.3, 0.4) is 0 Å². The molecule has 0 aromatic carbocycles. The van der Waals surface area contributed by atoms with Crippen LogP contribution in [0.2, 0.25) is 0 Å². The number of anilines is 1. The highest BCUT2D eigenvalue weighted by Gasteiger charge is 2.30. The molecular formula is C15H20N4O3. The monoisotopic (exact) mass is 304 g/mol. The van der Waals surface area contributed by atoms with E-state index in [1.807, 2.05) is 4.90 Å². The fraction of sp³-hybridized carbons (Fsp3) is 0.600. The van der Waals surface area contributed by atoms with E-state index in [0.29, 0.717) is 5.91 Å². The van der Waals surface area contributed by atoms with Gasteiger partial charge in [0.2, 0.25) is 5.91 Å². The van der Waals surface area contributed by atoms with E-state index in [2.05, 4.69) is 9.88 Å². The number of likely N-dealkylation sites (tertiary alicyclic amines) is 1. The molecule has 22 heavy (non-hydrogen) atoms. The minimum atomic E-state index is -0.447. The Labute approximate surface area is 129 Å². The predicted molar refractivity (Wildman–Crippen MR) is 81.6 cm³/mol. The Kier molecular flexibility index (Phi) is 4.22. The van der Waals surface area contributed by atoms with Crippen LogP contribution in [0.4, 0.5) is 11.5 Å². The molecule has 0 bridgehead atoms. The second kappa shape index (κ2) is 6.29. The van der Waals surface area contributed by atoms with Crippen molar-refractivity contribution in [3.8, 4) is 0 Å². The van der Waals surface area contributed by atoms with E-state index in [4.69, 9.17) is 0 Å². The van der Waals surface area contributed by atoms with Crippen molar-refractivity contribution >= 4 is 17.4 Å². The van der Waals surface area contributed by atoms with Crippen LogP contribution in [0, 0.1) is 16.0 Å². The highest BCUT2D eigenvalue weighted by atomic mass is 16.6. The third kappa shape index (κ3) is 3.03. The molecule has 1 amide bonds. The zero-order chi connectivity index (χ0) is 15.5. The minimum Gasteiger partial charge on any atom is -0.357 e. The fourth-order valence-electron chi connectivity index (χ4n) is 3.22. The number of piperidine rings is 1. The first-order valence-corrected chi connectivity index (χ1v) is 7.79. The van der Waals surface area contributed by atoms with Crippen LogP contribution < -0.4 is 4.90 Å². The Morgan fingerprint density at radius 3 is 2.41 bits per heavy atom. The smallest absolute Gasteiger partial charge is 0.287 e. The summed E-state index contributed by atoms with van der Waals surface area (Å²) in [6.07, 6.45) is 5.19. The molecule has 7 heteroatoms. The maximum atomic E-state index is 12.4. The second-order valence-corrected chi connectivity index (χ2v) is 5.93. The summed E-state index contributed by atoms with van der Waals surface area (Å²) in [7, 11) is 0. The van der Waals surface area contributed by atoms with Crippen LogP contribution in [0.25, 0.3) is 0 Å². The van der Waals surface area contributed by atoms with Crippen molar-refractivity contribution in [1.82, 2.24) is 9.88 Å². The average Bonchev–Trinajstić information content (AvgIpc) is 3.09. The molecule has 0 atom stereocenters. The normalized spacial score (nSPS) is 19.5. The fourth-order valence-corrected chi connectivity index (χ4v) is 3.22. The summed E-state index contributed by atoms with van der Waals surface area (Å²) in [5.74, 6) is 1.17. The Morgan fingerprint density at radius 1 is 1.18 bits per heavy atom. The summed E-state index contributed by atoms with van der Waals surface area (Å²) in [4.78, 5) is 30.8. The molecule has 118 valence electrons. The van der Waals surface area contributed by atoms with Gasteiger partial charge in [0.05, 0.1) is 4.92 Å². The minimum absolute atomic E-state index is 0.00264. The van der Waals surface area contributed by atoms with E-state index in [0.717, 1.165) is 57.7 Å². The number of rotatable bonds is 3. The van der Waals surface area contributed by atoms with Crippen LogP contribution in [-0.2, 0) is 4.79 Å². The number of nitro groups is 1. The quantitative estimate of drug-likeness (QED) is 0.628. The highest BCUT2D eigenvalue weighted by molar-refractivity contribution is 5.79. The first-order valence-electron chi connectivity index (χ1n) is 7.79. The van der Waals surface area contributed by atoms with Crippen molar-refractivity contribution in [2.45, 2.75) is 25.7 Å². The molecule has 1 aromatic rings. The standard InChI is InChI=1S/C15H20N4O3/c20-15(18-7-1-2-8-18)12-5-9-17(10-6-12)14-4-3-13(11-16-14)19(21)22/h3-4,11-12H,1-2,5-10H2. The van der Waals surface area contributed by atoms with Crippen LogP contribution in [0.1, 0.15) is 25.7 Å². The number of carbonyl (C=O) groups is 1. The summed E-state index contributed by atoms with van der Waals surface area (Å²) in [6.45, 7) is 3.36. The first-order chi connectivity index (χ1) is 10.6. The van der Waals surface area contributed by atoms with Gasteiger partial charge in [-0.1, -0.05) is 0 Å². The molecule has 2 saturated heterocycles. The molecule has 0 saturated carbocycles. The second-order valence-electron chi connectivity index (χ2n) is 5.93. The Morgan fingerprint density at radius 2 is 1.86 bits per heavy atom. The number of nitrogens with zero attached hydrogens (tertiary/aromatic N) is 4. The number of carbonyl (C=O) groups excluding carboxylic acids is 1. The van der Waals surface area contributed by atoms with E-state index in [1.165, 1.54) is 12.3 Å². The van der Waals surface area contributed by atoms with Gasteiger partial charge >= 0.3 is 0 Å². The third-order valence-electron chi connectivity index (χ3n) is 4.53. The van der Waals surface area contributed by atoms with E-state index in [9.17, 15) is 14.9 Å². The van der Waals surface area contributed by atoms with Crippen LogP contribution in [0.5, 0.6) is 0 Å². The van der Waals surface area contributed by atoms with E-state index < -0.39 is 4.92 Å². The summed E-state index contributed by atoms with van der Waals surface area (Å²) in [5.41, 5.74) is 0.00264. The van der Waals surface area contributed by atoms with Crippen molar-refractivity contribution in [1.29, 1.82) is 0 Å². The third-order valence-corrected chi connectivity index (χ3v) is 4.53. The molecule has 2 fully saturated rings. The molecule has 0 radical (unpaired) electrons. The Hall–Kier alpha value is -2.18. The van der Waals surface area contributed by atoms with Gasteiger partial charge in [-0.05, 0) is 31.7 Å². The van der Waals surface area contributed by atoms with Crippen LogP contribution in [0.15, 0.2) is 18.3 Å². The predicted octanol–water partition coefficient (Wildman–Crippen LogP) is 1.83. The van der Waals surface area contributed by atoms with Crippen molar-refractivity contribution in [2.24, 2.45) is 5.92 Å². The van der Waals surface area contributed by atoms with Gasteiger partial charge in [0.15, 0.2) is 0 Å². The highest BCUT2D eigenvalue weighted by Crippen LogP contribution is 2.25. The molecule has 0 aliphatic carbocycles.